The van der Waals surface area contributed by atoms with Gasteiger partial charge in [0.1, 0.15) is 11.6 Å². The molecule has 2 fully saturated rings. The average molecular weight is 372 g/mol. The Morgan fingerprint density at radius 1 is 0.731 bits per heavy atom. The van der Waals surface area contributed by atoms with Crippen molar-refractivity contribution < 1.29 is 29.3 Å². The van der Waals surface area contributed by atoms with Crippen molar-refractivity contribution in [2.45, 2.75) is 37.9 Å². The second kappa shape index (κ2) is 11.7. The molecule has 2 aliphatic heterocycles. The maximum absolute atomic E-state index is 11.2. The predicted octanol–water partition coefficient (Wildman–Crippen LogP) is -0.929. The summed E-state index contributed by atoms with van der Waals surface area (Å²) in [7, 11) is 0. The minimum Gasteiger partial charge on any atom is -0.389 e. The number of carbonyl (C=O) groups is 2. The largest absolute Gasteiger partial charge is 0.389 e. The first kappa shape index (κ1) is 21.4. The lowest BCUT2D eigenvalue weighted by Crippen LogP contribution is -2.40. The van der Waals surface area contributed by atoms with E-state index < -0.39 is 12.2 Å². The average Bonchev–Trinajstić information content (AvgIpc) is 2.62. The van der Waals surface area contributed by atoms with Crippen LogP contribution in [0.25, 0.3) is 0 Å². The Balaban J connectivity index is 1.42. The molecule has 0 amide bonds. The highest BCUT2D eigenvalue weighted by molar-refractivity contribution is 5.79. The van der Waals surface area contributed by atoms with Crippen LogP contribution in [0.4, 0.5) is 0 Å². The van der Waals surface area contributed by atoms with E-state index in [1.54, 1.807) is 0 Å². The third-order valence-corrected chi connectivity index (χ3v) is 4.76. The van der Waals surface area contributed by atoms with Crippen LogP contribution in [0.3, 0.4) is 0 Å². The van der Waals surface area contributed by atoms with Gasteiger partial charge in [-0.3, -0.25) is 19.4 Å². The minimum absolute atomic E-state index is 0.234. The lowest BCUT2D eigenvalue weighted by atomic mass is 10.1. The molecule has 2 atom stereocenters. The summed E-state index contributed by atoms with van der Waals surface area (Å²) in [6, 6.07) is 0. The first-order valence-electron chi connectivity index (χ1n) is 9.52. The predicted molar refractivity (Wildman–Crippen MR) is 95.0 cm³/mol. The van der Waals surface area contributed by atoms with E-state index >= 15 is 0 Å². The van der Waals surface area contributed by atoms with Gasteiger partial charge in [-0.2, -0.15) is 0 Å². The molecule has 0 radical (unpaired) electrons. The van der Waals surface area contributed by atoms with Crippen LogP contribution in [0.15, 0.2) is 0 Å². The van der Waals surface area contributed by atoms with Gasteiger partial charge in [0.15, 0.2) is 0 Å². The quantitative estimate of drug-likeness (QED) is 0.449. The van der Waals surface area contributed by atoms with Crippen LogP contribution < -0.4 is 0 Å². The standard InChI is InChI=1S/C18H32N2O6/c21-15-1-5-19(6-2-15)11-17(23)13-25-9-10-26-14-18(24)12-20-7-3-16(22)4-8-20/h17-18,23-24H,1-14H2. The van der Waals surface area contributed by atoms with Crippen LogP contribution in [-0.4, -0.2) is 109 Å². The fraction of sp³-hybridized carbons (Fsp3) is 0.889. The normalized spacial score (nSPS) is 22.5. The summed E-state index contributed by atoms with van der Waals surface area (Å²) in [5.41, 5.74) is 0. The lowest BCUT2D eigenvalue weighted by molar-refractivity contribution is -0.122. The Labute approximate surface area is 155 Å². The van der Waals surface area contributed by atoms with Crippen molar-refractivity contribution in [3.05, 3.63) is 0 Å². The number of nitrogens with zero attached hydrogens (tertiary/aromatic N) is 2. The molecule has 0 aromatic carbocycles. The molecule has 150 valence electrons. The minimum atomic E-state index is -0.574. The van der Waals surface area contributed by atoms with Crippen LogP contribution >= 0.6 is 0 Å². The molecule has 8 nitrogen and oxygen atoms in total. The molecule has 2 N–H and O–H groups in total. The number of hydrogen-bond acceptors (Lipinski definition) is 8. The van der Waals surface area contributed by atoms with Gasteiger partial charge in [0, 0.05) is 65.0 Å². The van der Waals surface area contributed by atoms with Crippen molar-refractivity contribution in [1.82, 2.24) is 9.80 Å². The number of ketones is 2. The van der Waals surface area contributed by atoms with Crippen molar-refractivity contribution in [2.24, 2.45) is 0 Å². The van der Waals surface area contributed by atoms with E-state index in [9.17, 15) is 19.8 Å². The zero-order chi connectivity index (χ0) is 18.8. The highest BCUT2D eigenvalue weighted by Crippen LogP contribution is 2.07. The molecule has 2 aliphatic rings. The van der Waals surface area contributed by atoms with E-state index in [-0.39, 0.29) is 13.2 Å². The molecule has 8 heteroatoms. The number of aliphatic hydroxyl groups is 2. The van der Waals surface area contributed by atoms with Gasteiger partial charge in [0.25, 0.3) is 0 Å². The fourth-order valence-corrected chi connectivity index (χ4v) is 3.23. The molecule has 2 saturated heterocycles. The van der Waals surface area contributed by atoms with E-state index in [4.69, 9.17) is 9.47 Å². The van der Waals surface area contributed by atoms with Gasteiger partial charge >= 0.3 is 0 Å². The highest BCUT2D eigenvalue weighted by Gasteiger charge is 2.19. The van der Waals surface area contributed by atoms with Gasteiger partial charge < -0.3 is 19.7 Å². The maximum atomic E-state index is 11.2. The molecular formula is C18H32N2O6. The summed E-state index contributed by atoms with van der Waals surface area (Å²) < 4.78 is 10.8. The molecule has 0 aromatic heterocycles. The van der Waals surface area contributed by atoms with Crippen molar-refractivity contribution >= 4 is 11.6 Å². The number of β-amino-alcohol motifs (C(OH)–C–C–N with tert-alkyl or cyclic N) is 2. The second-order valence-corrected chi connectivity index (χ2v) is 7.14. The van der Waals surface area contributed by atoms with Gasteiger partial charge in [0.2, 0.25) is 0 Å². The summed E-state index contributed by atoms with van der Waals surface area (Å²) in [5.74, 6) is 0.584. The summed E-state index contributed by atoms with van der Waals surface area (Å²) in [4.78, 5) is 26.5. The van der Waals surface area contributed by atoms with Crippen molar-refractivity contribution in [3.63, 3.8) is 0 Å². The van der Waals surface area contributed by atoms with Crippen LogP contribution in [0.5, 0.6) is 0 Å². The summed E-state index contributed by atoms with van der Waals surface area (Å²) in [6.07, 6.45) is 1.12. The van der Waals surface area contributed by atoms with Crippen LogP contribution in [0, 0.1) is 0 Å². The molecule has 0 bridgehead atoms. The molecule has 2 heterocycles. The van der Waals surface area contributed by atoms with Crippen LogP contribution in [0.1, 0.15) is 25.7 Å². The molecule has 0 aliphatic carbocycles. The smallest absolute Gasteiger partial charge is 0.135 e. The SMILES string of the molecule is O=C1CCN(CC(O)COCCOCC(O)CN2CCC(=O)CC2)CC1. The van der Waals surface area contributed by atoms with Crippen molar-refractivity contribution in [3.8, 4) is 0 Å². The van der Waals surface area contributed by atoms with E-state index in [2.05, 4.69) is 9.80 Å². The third kappa shape index (κ3) is 8.66. The van der Waals surface area contributed by atoms with Gasteiger partial charge in [-0.1, -0.05) is 0 Å². The topological polar surface area (TPSA) is 99.5 Å². The van der Waals surface area contributed by atoms with Crippen molar-refractivity contribution in [2.75, 3.05) is 65.7 Å². The Hall–Kier alpha value is -0.900. The van der Waals surface area contributed by atoms with E-state index in [1.165, 1.54) is 0 Å². The summed E-state index contributed by atoms with van der Waals surface area (Å²) in [5, 5.41) is 19.9. The molecule has 0 aromatic rings. The Bertz CT molecular complexity index is 387. The van der Waals surface area contributed by atoms with Gasteiger partial charge in [-0.25, -0.2) is 0 Å². The molecule has 0 spiro atoms. The molecule has 26 heavy (non-hydrogen) atoms. The third-order valence-electron chi connectivity index (χ3n) is 4.76. The Kier molecular flexibility index (Phi) is 9.66. The van der Waals surface area contributed by atoms with Gasteiger partial charge in [-0.05, 0) is 0 Å². The summed E-state index contributed by atoms with van der Waals surface area (Å²) >= 11 is 0. The fourth-order valence-electron chi connectivity index (χ4n) is 3.23. The molecule has 0 saturated carbocycles. The number of piperidine rings is 2. The van der Waals surface area contributed by atoms with E-state index in [1.807, 2.05) is 0 Å². The summed E-state index contributed by atoms with van der Waals surface area (Å²) in [6.45, 7) is 5.07. The van der Waals surface area contributed by atoms with Gasteiger partial charge in [-0.15, -0.1) is 0 Å². The number of hydrogen-bond donors (Lipinski definition) is 2. The number of carbonyl (C=O) groups excluding carboxylic acids is 2. The first-order valence-corrected chi connectivity index (χ1v) is 9.52. The highest BCUT2D eigenvalue weighted by atomic mass is 16.5. The Morgan fingerprint density at radius 2 is 1.08 bits per heavy atom. The molecule has 2 rings (SSSR count). The zero-order valence-electron chi connectivity index (χ0n) is 15.5. The van der Waals surface area contributed by atoms with E-state index in [0.717, 1.165) is 0 Å². The van der Waals surface area contributed by atoms with Gasteiger partial charge in [0.05, 0.1) is 38.6 Å². The Morgan fingerprint density at radius 3 is 1.42 bits per heavy atom. The molecule has 2 unspecified atom stereocenters. The first-order chi connectivity index (χ1) is 12.5. The number of ether oxygens (including phenoxy) is 2. The number of likely N-dealkylation sites (tertiary alicyclic amines) is 2. The number of aliphatic hydroxyl groups excluding tert-OH is 2. The number of Topliss-reactive ketones (excluding diaryl/α,β-unsaturated/α-hetero) is 2. The monoisotopic (exact) mass is 372 g/mol. The number of rotatable bonds is 11. The van der Waals surface area contributed by atoms with Crippen LogP contribution in [-0.2, 0) is 19.1 Å². The van der Waals surface area contributed by atoms with Crippen molar-refractivity contribution in [1.29, 1.82) is 0 Å². The zero-order valence-corrected chi connectivity index (χ0v) is 15.5. The van der Waals surface area contributed by atoms with Crippen LogP contribution in [0.2, 0.25) is 0 Å². The molecular weight excluding hydrogens is 340 g/mol. The van der Waals surface area contributed by atoms with E-state index in [0.29, 0.717) is 89.7 Å². The lowest BCUT2D eigenvalue weighted by Gasteiger charge is -2.28. The maximum Gasteiger partial charge on any atom is 0.135 e. The second-order valence-electron chi connectivity index (χ2n) is 7.14.